The van der Waals surface area contributed by atoms with Gasteiger partial charge in [0.2, 0.25) is 0 Å². The Labute approximate surface area is 120 Å². The van der Waals surface area contributed by atoms with Crippen LogP contribution in [0.5, 0.6) is 0 Å². The monoisotopic (exact) mass is 366 g/mol. The highest BCUT2D eigenvalue weighted by Gasteiger charge is 2.06. The fraction of sp³-hybridized carbons (Fsp3) is 0.0714. The van der Waals surface area contributed by atoms with E-state index in [2.05, 4.69) is 31.9 Å². The summed E-state index contributed by atoms with van der Waals surface area (Å²) in [6, 6.07) is 5.44. The highest BCUT2D eigenvalue weighted by atomic mass is 79.9. The number of fused-ring (bicyclic) bond motifs is 2. The van der Waals surface area contributed by atoms with Crippen LogP contribution in [0.2, 0.25) is 0 Å². The Morgan fingerprint density at radius 2 is 2.00 bits per heavy atom. The lowest BCUT2D eigenvalue weighted by atomic mass is 10.2. The maximum Gasteiger partial charge on any atom is 0.200 e. The first-order valence-corrected chi connectivity index (χ1v) is 7.04. The van der Waals surface area contributed by atoms with Gasteiger partial charge in [0.25, 0.3) is 0 Å². The summed E-state index contributed by atoms with van der Waals surface area (Å²) in [6.45, 7) is 0. The Morgan fingerprint density at radius 3 is 2.83 bits per heavy atom. The minimum absolute atomic E-state index is 0.0191. The van der Waals surface area contributed by atoms with Gasteiger partial charge in [-0.15, -0.1) is 0 Å². The molecular formula is C14H8Br2O2. The van der Waals surface area contributed by atoms with E-state index in [0.717, 1.165) is 15.4 Å². The second-order valence-electron chi connectivity index (χ2n) is 4.02. The molecule has 3 rings (SSSR count). The van der Waals surface area contributed by atoms with Gasteiger partial charge in [0.05, 0.1) is 10.6 Å². The first-order valence-electron chi connectivity index (χ1n) is 5.45. The summed E-state index contributed by atoms with van der Waals surface area (Å²) in [4.78, 5) is 12.4. The van der Waals surface area contributed by atoms with Crippen molar-refractivity contribution in [3.8, 4) is 0 Å². The fourth-order valence-corrected chi connectivity index (χ4v) is 2.71. The van der Waals surface area contributed by atoms with Crippen molar-refractivity contribution >= 4 is 55.0 Å². The van der Waals surface area contributed by atoms with E-state index >= 15 is 0 Å². The molecule has 0 aliphatic heterocycles. The third-order valence-electron chi connectivity index (χ3n) is 2.82. The minimum atomic E-state index is 0.0191. The molecule has 0 N–H and O–H groups in total. The number of rotatable bonds is 0. The van der Waals surface area contributed by atoms with Crippen molar-refractivity contribution in [1.82, 2.24) is 0 Å². The number of benzene rings is 1. The van der Waals surface area contributed by atoms with Gasteiger partial charge in [0.15, 0.2) is 5.43 Å². The molecule has 2 aromatic rings. The molecule has 90 valence electrons. The largest absolute Gasteiger partial charge is 0.456 e. The number of halogens is 2. The molecule has 0 spiro atoms. The molecule has 2 nitrogen and oxygen atoms in total. The fourth-order valence-electron chi connectivity index (χ4n) is 1.97. The van der Waals surface area contributed by atoms with E-state index < -0.39 is 0 Å². The molecule has 0 saturated carbocycles. The van der Waals surface area contributed by atoms with Crippen molar-refractivity contribution in [3.63, 3.8) is 0 Å². The van der Waals surface area contributed by atoms with E-state index in [9.17, 15) is 4.79 Å². The van der Waals surface area contributed by atoms with Crippen LogP contribution in [0.25, 0.3) is 23.1 Å². The lowest BCUT2D eigenvalue weighted by molar-refractivity contribution is 0.559. The average Bonchev–Trinajstić information content (AvgIpc) is 2.50. The molecule has 1 aliphatic rings. The lowest BCUT2D eigenvalue weighted by Gasteiger charge is -1.98. The first-order chi connectivity index (χ1) is 8.65. The molecule has 0 amide bonds. The smallest absolute Gasteiger partial charge is 0.200 e. The van der Waals surface area contributed by atoms with Crippen molar-refractivity contribution in [2.45, 2.75) is 6.42 Å². The molecule has 18 heavy (non-hydrogen) atoms. The van der Waals surface area contributed by atoms with Gasteiger partial charge in [0, 0.05) is 8.96 Å². The van der Waals surface area contributed by atoms with Gasteiger partial charge in [-0.2, -0.15) is 0 Å². The van der Waals surface area contributed by atoms with Crippen LogP contribution in [0.15, 0.2) is 42.4 Å². The Bertz CT molecular complexity index is 844. The Balaban J connectivity index is 2.55. The van der Waals surface area contributed by atoms with Gasteiger partial charge in [-0.05, 0) is 30.7 Å². The summed E-state index contributed by atoms with van der Waals surface area (Å²) in [5.41, 5.74) is 1.22. The van der Waals surface area contributed by atoms with Crippen molar-refractivity contribution in [2.75, 3.05) is 0 Å². The maximum atomic E-state index is 12.4. The van der Waals surface area contributed by atoms with Gasteiger partial charge in [-0.25, -0.2) is 0 Å². The number of hydrogen-bond acceptors (Lipinski definition) is 2. The summed E-state index contributed by atoms with van der Waals surface area (Å²) in [5.74, 6) is 0. The summed E-state index contributed by atoms with van der Waals surface area (Å²) >= 11 is 6.81. The molecule has 1 aromatic heterocycles. The molecule has 1 aromatic carbocycles. The van der Waals surface area contributed by atoms with E-state index in [0.29, 0.717) is 21.6 Å². The van der Waals surface area contributed by atoms with E-state index in [1.807, 2.05) is 30.4 Å². The number of hydrogen-bond donors (Lipinski definition) is 0. The summed E-state index contributed by atoms with van der Waals surface area (Å²) in [6.07, 6.45) is 6.44. The van der Waals surface area contributed by atoms with Gasteiger partial charge in [-0.1, -0.05) is 44.0 Å². The van der Waals surface area contributed by atoms with E-state index in [4.69, 9.17) is 4.42 Å². The third kappa shape index (κ3) is 1.99. The van der Waals surface area contributed by atoms with E-state index in [1.54, 1.807) is 6.07 Å². The van der Waals surface area contributed by atoms with Crippen molar-refractivity contribution in [2.24, 2.45) is 0 Å². The van der Waals surface area contributed by atoms with Crippen LogP contribution in [0.3, 0.4) is 0 Å². The minimum Gasteiger partial charge on any atom is -0.456 e. The molecule has 1 heterocycles. The van der Waals surface area contributed by atoms with Crippen LogP contribution in [0.4, 0.5) is 0 Å². The summed E-state index contributed by atoms with van der Waals surface area (Å²) in [7, 11) is 0. The Kier molecular flexibility index (Phi) is 2.99. The molecule has 0 fully saturated rings. The molecule has 0 atom stereocenters. The number of allylic oxidation sites excluding steroid dienone is 2. The lowest BCUT2D eigenvalue weighted by Crippen LogP contribution is -2.38. The average molecular weight is 368 g/mol. The molecule has 1 aliphatic carbocycles. The highest BCUT2D eigenvalue weighted by Crippen LogP contribution is 2.16. The standard InChI is InChI=1S/C14H8Br2O2/c15-8-2-1-3-10-12(6-8)18-13-7-9(16)4-5-11(13)14(10)17/h2-7H,1H2. The molecule has 0 saturated heterocycles. The van der Waals surface area contributed by atoms with Gasteiger partial charge >= 0.3 is 0 Å². The van der Waals surface area contributed by atoms with Crippen LogP contribution in [0.1, 0.15) is 6.42 Å². The zero-order valence-corrected chi connectivity index (χ0v) is 12.4. The zero-order valence-electron chi connectivity index (χ0n) is 9.24. The van der Waals surface area contributed by atoms with Crippen LogP contribution >= 0.6 is 31.9 Å². The van der Waals surface area contributed by atoms with Crippen LogP contribution in [0, 0.1) is 0 Å². The van der Waals surface area contributed by atoms with Crippen LogP contribution in [-0.4, -0.2) is 0 Å². The second-order valence-corrected chi connectivity index (χ2v) is 5.85. The van der Waals surface area contributed by atoms with Gasteiger partial charge < -0.3 is 4.42 Å². The summed E-state index contributed by atoms with van der Waals surface area (Å²) in [5, 5.41) is 1.25. The second kappa shape index (κ2) is 4.52. The predicted molar refractivity (Wildman–Crippen MR) is 80.0 cm³/mol. The Hall–Kier alpha value is -1.13. The first kappa shape index (κ1) is 11.9. The van der Waals surface area contributed by atoms with Gasteiger partial charge in [0.1, 0.15) is 11.0 Å². The van der Waals surface area contributed by atoms with Crippen molar-refractivity contribution in [1.29, 1.82) is 0 Å². The topological polar surface area (TPSA) is 30.2 Å². The Morgan fingerprint density at radius 1 is 1.17 bits per heavy atom. The third-order valence-corrected chi connectivity index (χ3v) is 3.87. The van der Waals surface area contributed by atoms with E-state index in [1.165, 1.54) is 0 Å². The summed E-state index contributed by atoms with van der Waals surface area (Å²) < 4.78 is 7.63. The van der Waals surface area contributed by atoms with Crippen molar-refractivity contribution < 1.29 is 4.42 Å². The van der Waals surface area contributed by atoms with Gasteiger partial charge in [-0.3, -0.25) is 4.79 Å². The predicted octanol–water partition coefficient (Wildman–Crippen LogP) is 2.80. The molecule has 0 unspecified atom stereocenters. The van der Waals surface area contributed by atoms with Crippen LogP contribution < -0.4 is 16.1 Å². The van der Waals surface area contributed by atoms with E-state index in [-0.39, 0.29) is 5.43 Å². The SMILES string of the molecule is O=c1c2c(oc3cc(Br)ccc13)=CC(Br)=CCC=2. The highest BCUT2D eigenvalue weighted by molar-refractivity contribution is 9.12. The molecule has 0 bridgehead atoms. The van der Waals surface area contributed by atoms with Crippen molar-refractivity contribution in [3.05, 3.63) is 54.1 Å². The molecule has 0 radical (unpaired) electrons. The quantitative estimate of drug-likeness (QED) is 0.716. The zero-order chi connectivity index (χ0) is 12.7. The molecular weight excluding hydrogens is 360 g/mol. The normalized spacial score (nSPS) is 14.2. The maximum absolute atomic E-state index is 12.4. The van der Waals surface area contributed by atoms with Crippen LogP contribution in [-0.2, 0) is 0 Å². The molecule has 4 heteroatoms.